The zero-order valence-electron chi connectivity index (χ0n) is 6.37. The Balaban J connectivity index is 2.83. The van der Waals surface area contributed by atoms with E-state index in [1.807, 2.05) is 0 Å². The highest BCUT2D eigenvalue weighted by atomic mass is 32.2. The van der Waals surface area contributed by atoms with Gasteiger partial charge < -0.3 is 0 Å². The van der Waals surface area contributed by atoms with Gasteiger partial charge in [-0.25, -0.2) is 4.39 Å². The fourth-order valence-electron chi connectivity index (χ4n) is 0.686. The van der Waals surface area contributed by atoms with Crippen LogP contribution in [0.1, 0.15) is 6.92 Å². The minimum absolute atomic E-state index is 0.547. The molecule has 1 rings (SSSR count). The summed E-state index contributed by atoms with van der Waals surface area (Å²) < 4.78 is 40.5. The van der Waals surface area contributed by atoms with Crippen molar-refractivity contribution in [3.8, 4) is 11.8 Å². The van der Waals surface area contributed by atoms with Crippen LogP contribution < -0.4 is 4.72 Å². The van der Waals surface area contributed by atoms with Crippen molar-refractivity contribution in [2.24, 2.45) is 0 Å². The number of hydrogen-bond acceptors (Lipinski definition) is 3. The monoisotopic (exact) mass is 193 g/mol. The van der Waals surface area contributed by atoms with Gasteiger partial charge in [-0.2, -0.15) is 13.1 Å². The molecule has 0 aromatic rings. The highest BCUT2D eigenvalue weighted by Crippen LogP contribution is 1.99. The second kappa shape index (κ2) is 3.39. The molecule has 0 saturated carbocycles. The molecule has 1 aliphatic rings. The highest BCUT2D eigenvalue weighted by molar-refractivity contribution is 7.84. The van der Waals surface area contributed by atoms with Crippen molar-refractivity contribution >= 4 is 10.3 Å². The first kappa shape index (κ1) is 9.45. The molecule has 0 unspecified atom stereocenters. The van der Waals surface area contributed by atoms with Gasteiger partial charge in [-0.3, -0.25) is 4.18 Å². The van der Waals surface area contributed by atoms with Gasteiger partial charge in [0.05, 0.1) is 6.04 Å². The predicted octanol–water partition coefficient (Wildman–Crippen LogP) is -0.419. The van der Waals surface area contributed by atoms with Crippen LogP contribution in [0, 0.1) is 11.8 Å². The number of rotatable bonds is 0. The SMILES string of the molecule is C[C@H]1C#C[C@H](F)COS(=O)(=O)N1. The van der Waals surface area contributed by atoms with Crippen molar-refractivity contribution in [1.29, 1.82) is 0 Å². The Kier molecular flexibility index (Phi) is 2.67. The molecule has 1 aliphatic heterocycles. The van der Waals surface area contributed by atoms with E-state index >= 15 is 0 Å². The van der Waals surface area contributed by atoms with Crippen molar-refractivity contribution < 1.29 is 17.0 Å². The van der Waals surface area contributed by atoms with Gasteiger partial charge in [-0.05, 0) is 6.92 Å². The molecule has 0 radical (unpaired) electrons. The molecule has 1 heterocycles. The Bertz CT molecular complexity index is 315. The van der Waals surface area contributed by atoms with Gasteiger partial charge in [0.25, 0.3) is 0 Å². The molecule has 0 amide bonds. The maximum atomic E-state index is 12.6. The zero-order chi connectivity index (χ0) is 9.19. The lowest BCUT2D eigenvalue weighted by atomic mass is 10.3. The van der Waals surface area contributed by atoms with Gasteiger partial charge in [0, 0.05) is 0 Å². The van der Waals surface area contributed by atoms with E-state index in [1.165, 1.54) is 6.92 Å². The molecule has 0 spiro atoms. The molecule has 2 atom stereocenters. The third-order valence-corrected chi connectivity index (χ3v) is 2.24. The van der Waals surface area contributed by atoms with E-state index in [9.17, 15) is 12.8 Å². The van der Waals surface area contributed by atoms with Crippen LogP contribution in [0.15, 0.2) is 0 Å². The van der Waals surface area contributed by atoms with E-state index < -0.39 is 29.1 Å². The first-order valence-electron chi connectivity index (χ1n) is 3.31. The summed E-state index contributed by atoms with van der Waals surface area (Å²) in [7, 11) is -3.82. The van der Waals surface area contributed by atoms with Crippen LogP contribution in [0.4, 0.5) is 4.39 Å². The molecule has 0 bridgehead atoms. The van der Waals surface area contributed by atoms with E-state index in [2.05, 4.69) is 20.7 Å². The summed E-state index contributed by atoms with van der Waals surface area (Å²) in [5, 5.41) is 0. The lowest BCUT2D eigenvalue weighted by Crippen LogP contribution is -2.35. The van der Waals surface area contributed by atoms with Gasteiger partial charge in [-0.15, -0.1) is 0 Å². The second-order valence-electron chi connectivity index (χ2n) is 2.33. The molecular weight excluding hydrogens is 185 g/mol. The number of alkyl halides is 1. The molecule has 4 nitrogen and oxygen atoms in total. The average Bonchev–Trinajstić information content (AvgIpc) is 1.95. The maximum absolute atomic E-state index is 12.6. The summed E-state index contributed by atoms with van der Waals surface area (Å²) in [5.41, 5.74) is 0. The fraction of sp³-hybridized carbons (Fsp3) is 0.667. The lowest BCUT2D eigenvalue weighted by molar-refractivity contribution is 0.233. The van der Waals surface area contributed by atoms with Crippen LogP contribution >= 0.6 is 0 Å². The van der Waals surface area contributed by atoms with Crippen LogP contribution in [0.3, 0.4) is 0 Å². The van der Waals surface area contributed by atoms with E-state index in [-0.39, 0.29) is 0 Å². The lowest BCUT2D eigenvalue weighted by Gasteiger charge is -2.11. The molecule has 68 valence electrons. The Morgan fingerprint density at radius 1 is 1.58 bits per heavy atom. The number of nitrogens with one attached hydrogen (secondary N) is 1. The maximum Gasteiger partial charge on any atom is 0.337 e. The summed E-state index contributed by atoms with van der Waals surface area (Å²) >= 11 is 0. The third kappa shape index (κ3) is 2.77. The molecule has 1 N–H and O–H groups in total. The summed E-state index contributed by atoms with van der Waals surface area (Å²) in [6.45, 7) is 0.959. The Morgan fingerprint density at radius 2 is 2.25 bits per heavy atom. The molecule has 0 saturated heterocycles. The fourth-order valence-corrected chi connectivity index (χ4v) is 1.55. The molecule has 0 aromatic heterocycles. The van der Waals surface area contributed by atoms with E-state index in [4.69, 9.17) is 0 Å². The van der Waals surface area contributed by atoms with E-state index in [0.29, 0.717) is 0 Å². The Labute approximate surface area is 70.4 Å². The standard InChI is InChI=1S/C6H8FNO3S/c1-5-2-3-6(7)4-11-12(9,10)8-5/h5-6,8H,4H2,1H3/t5-,6-/m0/s1. The number of hydrogen-bond donors (Lipinski definition) is 1. The largest absolute Gasteiger partial charge is 0.337 e. The van der Waals surface area contributed by atoms with Crippen molar-refractivity contribution in [3.63, 3.8) is 0 Å². The molecular formula is C6H8FNO3S. The topological polar surface area (TPSA) is 55.4 Å². The van der Waals surface area contributed by atoms with Crippen LogP contribution in [-0.4, -0.2) is 27.2 Å². The van der Waals surface area contributed by atoms with Crippen LogP contribution in [-0.2, 0) is 14.5 Å². The first-order chi connectivity index (χ1) is 5.49. The van der Waals surface area contributed by atoms with Crippen LogP contribution in [0.2, 0.25) is 0 Å². The summed E-state index contributed by atoms with van der Waals surface area (Å²) in [6.07, 6.45) is -1.54. The quantitative estimate of drug-likeness (QED) is 0.532. The third-order valence-electron chi connectivity index (χ3n) is 1.15. The van der Waals surface area contributed by atoms with Crippen LogP contribution in [0.25, 0.3) is 0 Å². The summed E-state index contributed by atoms with van der Waals surface area (Å²) in [4.78, 5) is 0. The van der Waals surface area contributed by atoms with E-state index in [0.717, 1.165) is 0 Å². The van der Waals surface area contributed by atoms with Crippen molar-refractivity contribution in [2.45, 2.75) is 19.1 Å². The normalized spacial score (nSPS) is 34.2. The first-order valence-corrected chi connectivity index (χ1v) is 4.72. The highest BCUT2D eigenvalue weighted by Gasteiger charge is 2.18. The Hall–Kier alpha value is -0.640. The molecule has 0 fully saturated rings. The van der Waals surface area contributed by atoms with Gasteiger partial charge in [0.1, 0.15) is 6.61 Å². The van der Waals surface area contributed by atoms with Gasteiger partial charge in [-0.1, -0.05) is 11.8 Å². The van der Waals surface area contributed by atoms with E-state index in [1.54, 1.807) is 0 Å². The molecule has 0 aromatic carbocycles. The summed E-state index contributed by atoms with van der Waals surface area (Å²) in [5.74, 6) is 4.60. The molecule has 0 aliphatic carbocycles. The smallest absolute Gasteiger partial charge is 0.254 e. The predicted molar refractivity (Wildman–Crippen MR) is 40.1 cm³/mol. The van der Waals surface area contributed by atoms with Crippen LogP contribution in [0.5, 0.6) is 0 Å². The van der Waals surface area contributed by atoms with Gasteiger partial charge in [0.2, 0.25) is 0 Å². The minimum atomic E-state index is -3.82. The van der Waals surface area contributed by atoms with Crippen molar-refractivity contribution in [1.82, 2.24) is 4.72 Å². The summed E-state index contributed by atoms with van der Waals surface area (Å²) in [6, 6.07) is -0.617. The van der Waals surface area contributed by atoms with Gasteiger partial charge in [0.15, 0.2) is 6.17 Å². The van der Waals surface area contributed by atoms with Crippen molar-refractivity contribution in [2.75, 3.05) is 6.61 Å². The minimum Gasteiger partial charge on any atom is -0.254 e. The second-order valence-corrected chi connectivity index (χ2v) is 3.71. The number of halogens is 1. The average molecular weight is 193 g/mol. The zero-order valence-corrected chi connectivity index (χ0v) is 7.19. The molecule has 6 heteroatoms. The Morgan fingerprint density at radius 3 is 2.92 bits per heavy atom. The van der Waals surface area contributed by atoms with Crippen molar-refractivity contribution in [3.05, 3.63) is 0 Å². The van der Waals surface area contributed by atoms with Gasteiger partial charge >= 0.3 is 10.3 Å². The molecule has 12 heavy (non-hydrogen) atoms.